The zero-order valence-corrected chi connectivity index (χ0v) is 16.0. The maximum atomic E-state index is 11.1. The monoisotopic (exact) mass is 379 g/mol. The summed E-state index contributed by atoms with van der Waals surface area (Å²) in [4.78, 5) is 11.1. The number of esters is 1. The molecule has 0 aliphatic carbocycles. The summed E-state index contributed by atoms with van der Waals surface area (Å²) in [5, 5.41) is 3.91. The van der Waals surface area contributed by atoms with Crippen LogP contribution < -0.4 is 24.3 Å². The second-order valence-electron chi connectivity index (χ2n) is 5.48. The van der Waals surface area contributed by atoms with Crippen LogP contribution in [0.5, 0.6) is 23.0 Å². The molecular weight excluding hydrogens is 358 g/mol. The van der Waals surface area contributed by atoms with Crippen LogP contribution in [0.25, 0.3) is 0 Å². The van der Waals surface area contributed by atoms with Crippen LogP contribution >= 0.6 is 11.6 Å². The normalized spacial score (nSPS) is 10.3. The number of hydrogen-bond donors (Lipinski definition) is 1. The first-order valence-electron chi connectivity index (χ1n) is 7.95. The average molecular weight is 380 g/mol. The third-order valence-electron chi connectivity index (χ3n) is 3.68. The fourth-order valence-electron chi connectivity index (χ4n) is 2.43. The number of ether oxygens (including phenoxy) is 4. The molecule has 2 aromatic carbocycles. The van der Waals surface area contributed by atoms with Gasteiger partial charge < -0.3 is 24.3 Å². The number of benzene rings is 2. The predicted molar refractivity (Wildman–Crippen MR) is 99.4 cm³/mol. The van der Waals surface area contributed by atoms with Crippen molar-refractivity contribution < 1.29 is 23.7 Å². The van der Waals surface area contributed by atoms with Crippen LogP contribution in [-0.4, -0.2) is 27.3 Å². The Morgan fingerprint density at radius 2 is 1.54 bits per heavy atom. The zero-order chi connectivity index (χ0) is 19.1. The Balaban J connectivity index is 2.04. The van der Waals surface area contributed by atoms with Gasteiger partial charge in [-0.1, -0.05) is 17.7 Å². The molecule has 0 saturated carbocycles. The van der Waals surface area contributed by atoms with Crippen LogP contribution in [0.3, 0.4) is 0 Å². The van der Waals surface area contributed by atoms with Crippen LogP contribution in [0.2, 0.25) is 5.02 Å². The van der Waals surface area contributed by atoms with E-state index in [1.807, 2.05) is 18.2 Å². The highest BCUT2D eigenvalue weighted by atomic mass is 35.5. The Bertz CT molecular complexity index is 779. The van der Waals surface area contributed by atoms with Gasteiger partial charge in [0.15, 0.2) is 23.0 Å². The van der Waals surface area contributed by atoms with E-state index >= 15 is 0 Å². The molecule has 0 bridgehead atoms. The molecule has 0 saturated heterocycles. The van der Waals surface area contributed by atoms with Gasteiger partial charge in [0.2, 0.25) is 0 Å². The van der Waals surface area contributed by atoms with E-state index in [0.717, 1.165) is 11.1 Å². The van der Waals surface area contributed by atoms with E-state index in [1.54, 1.807) is 26.4 Å². The van der Waals surface area contributed by atoms with Gasteiger partial charge >= 0.3 is 5.97 Å². The molecule has 26 heavy (non-hydrogen) atoms. The van der Waals surface area contributed by atoms with Gasteiger partial charge in [0.1, 0.15) is 0 Å². The van der Waals surface area contributed by atoms with Gasteiger partial charge in [-0.15, -0.1) is 0 Å². The lowest BCUT2D eigenvalue weighted by Crippen LogP contribution is -2.13. The van der Waals surface area contributed by atoms with Gasteiger partial charge in [-0.2, -0.15) is 0 Å². The third-order valence-corrected chi connectivity index (χ3v) is 4.03. The SMILES string of the molecule is COc1cc(Cl)c(CNCc2ccc(OC(C)=O)c(OC)c2)cc1OC. The van der Waals surface area contributed by atoms with Crippen LogP contribution in [0, 0.1) is 0 Å². The van der Waals surface area contributed by atoms with Crippen molar-refractivity contribution in [1.29, 1.82) is 0 Å². The van der Waals surface area contributed by atoms with Gasteiger partial charge in [0.25, 0.3) is 0 Å². The summed E-state index contributed by atoms with van der Waals surface area (Å²) in [6, 6.07) is 8.97. The van der Waals surface area contributed by atoms with Crippen molar-refractivity contribution in [3.05, 3.63) is 46.5 Å². The first kappa shape index (κ1) is 19.9. The molecule has 140 valence electrons. The summed E-state index contributed by atoms with van der Waals surface area (Å²) in [5.74, 6) is 1.72. The number of halogens is 1. The minimum absolute atomic E-state index is 0.391. The highest BCUT2D eigenvalue weighted by molar-refractivity contribution is 6.31. The van der Waals surface area contributed by atoms with Crippen molar-refractivity contribution in [1.82, 2.24) is 5.32 Å². The molecule has 2 rings (SSSR count). The quantitative estimate of drug-likeness (QED) is 0.558. The lowest BCUT2D eigenvalue weighted by Gasteiger charge is -2.13. The van der Waals surface area contributed by atoms with Crippen molar-refractivity contribution in [2.45, 2.75) is 20.0 Å². The number of methoxy groups -OCH3 is 3. The molecule has 0 aliphatic rings. The molecule has 0 radical (unpaired) electrons. The summed E-state index contributed by atoms with van der Waals surface area (Å²) in [7, 11) is 4.68. The largest absolute Gasteiger partial charge is 0.493 e. The zero-order valence-electron chi connectivity index (χ0n) is 15.2. The number of hydrogen-bond acceptors (Lipinski definition) is 6. The van der Waals surface area contributed by atoms with Gasteiger partial charge in [-0.25, -0.2) is 0 Å². The number of carbonyl (C=O) groups excluding carboxylic acids is 1. The average Bonchev–Trinajstić information content (AvgIpc) is 2.63. The molecule has 0 unspecified atom stereocenters. The molecule has 0 aromatic heterocycles. The van der Waals surface area contributed by atoms with E-state index in [1.165, 1.54) is 14.0 Å². The van der Waals surface area contributed by atoms with Crippen molar-refractivity contribution in [2.24, 2.45) is 0 Å². The highest BCUT2D eigenvalue weighted by Gasteiger charge is 2.11. The van der Waals surface area contributed by atoms with E-state index in [4.69, 9.17) is 30.5 Å². The minimum Gasteiger partial charge on any atom is -0.493 e. The van der Waals surface area contributed by atoms with Crippen molar-refractivity contribution in [3.63, 3.8) is 0 Å². The van der Waals surface area contributed by atoms with E-state index in [-0.39, 0.29) is 0 Å². The molecule has 6 nitrogen and oxygen atoms in total. The first-order valence-corrected chi connectivity index (χ1v) is 8.32. The summed E-state index contributed by atoms with van der Waals surface area (Å²) in [6.45, 7) is 2.48. The Morgan fingerprint density at radius 1 is 0.923 bits per heavy atom. The summed E-state index contributed by atoms with van der Waals surface area (Å²) in [5.41, 5.74) is 1.88. The fraction of sp³-hybridized carbons (Fsp3) is 0.316. The summed E-state index contributed by atoms with van der Waals surface area (Å²) in [6.07, 6.45) is 0. The molecule has 0 spiro atoms. The smallest absolute Gasteiger partial charge is 0.308 e. The first-order chi connectivity index (χ1) is 12.5. The lowest BCUT2D eigenvalue weighted by molar-refractivity contribution is -0.132. The minimum atomic E-state index is -0.391. The van der Waals surface area contributed by atoms with Crippen LogP contribution in [-0.2, 0) is 17.9 Å². The van der Waals surface area contributed by atoms with Gasteiger partial charge in [-0.3, -0.25) is 4.79 Å². The molecule has 0 atom stereocenters. The molecule has 7 heteroatoms. The predicted octanol–water partition coefficient (Wildman–Crippen LogP) is 3.58. The maximum absolute atomic E-state index is 11.1. The third kappa shape index (κ3) is 5.03. The highest BCUT2D eigenvalue weighted by Crippen LogP contribution is 2.33. The topological polar surface area (TPSA) is 66.0 Å². The molecule has 0 aliphatic heterocycles. The number of rotatable bonds is 8. The summed E-state index contributed by atoms with van der Waals surface area (Å²) < 4.78 is 20.9. The fourth-order valence-corrected chi connectivity index (χ4v) is 2.65. The van der Waals surface area contributed by atoms with Crippen LogP contribution in [0.1, 0.15) is 18.1 Å². The molecular formula is C19H22ClNO5. The Kier molecular flexibility index (Phi) is 7.12. The van der Waals surface area contributed by atoms with Gasteiger partial charge in [-0.05, 0) is 29.3 Å². The standard InChI is InChI=1S/C19H22ClNO5/c1-12(22)26-16-6-5-13(7-17(16)23-2)10-21-11-14-8-18(24-3)19(25-4)9-15(14)20/h5-9,21H,10-11H2,1-4H3. The molecule has 0 amide bonds. The molecule has 2 aromatic rings. The van der Waals surface area contributed by atoms with E-state index in [2.05, 4.69) is 5.32 Å². The van der Waals surface area contributed by atoms with E-state index in [0.29, 0.717) is 41.1 Å². The second-order valence-corrected chi connectivity index (χ2v) is 5.89. The van der Waals surface area contributed by atoms with Crippen molar-refractivity contribution in [2.75, 3.05) is 21.3 Å². The molecule has 0 heterocycles. The summed E-state index contributed by atoms with van der Waals surface area (Å²) >= 11 is 6.29. The maximum Gasteiger partial charge on any atom is 0.308 e. The van der Waals surface area contributed by atoms with E-state index < -0.39 is 5.97 Å². The Hall–Kier alpha value is -2.44. The van der Waals surface area contributed by atoms with Crippen molar-refractivity contribution >= 4 is 17.6 Å². The Morgan fingerprint density at radius 3 is 2.15 bits per heavy atom. The number of carbonyl (C=O) groups is 1. The van der Waals surface area contributed by atoms with Gasteiger partial charge in [0, 0.05) is 31.1 Å². The van der Waals surface area contributed by atoms with E-state index in [9.17, 15) is 4.79 Å². The van der Waals surface area contributed by atoms with Crippen molar-refractivity contribution in [3.8, 4) is 23.0 Å². The van der Waals surface area contributed by atoms with Crippen LogP contribution in [0.15, 0.2) is 30.3 Å². The Labute approximate surface area is 158 Å². The van der Waals surface area contributed by atoms with Gasteiger partial charge in [0.05, 0.1) is 21.3 Å². The second kappa shape index (κ2) is 9.31. The number of nitrogens with one attached hydrogen (secondary N) is 1. The lowest BCUT2D eigenvalue weighted by atomic mass is 10.1. The molecule has 0 fully saturated rings. The molecule has 1 N–H and O–H groups in total. The van der Waals surface area contributed by atoms with Crippen LogP contribution in [0.4, 0.5) is 0 Å².